The van der Waals surface area contributed by atoms with Gasteiger partial charge in [0.1, 0.15) is 5.76 Å². The molecule has 29 heavy (non-hydrogen) atoms. The van der Waals surface area contributed by atoms with E-state index in [1.165, 1.54) is 5.56 Å². The van der Waals surface area contributed by atoms with Crippen LogP contribution < -0.4 is 20.1 Å². The quantitative estimate of drug-likeness (QED) is 0.322. The van der Waals surface area contributed by atoms with Crippen molar-refractivity contribution in [3.63, 3.8) is 0 Å². The third-order valence-corrected chi connectivity index (χ3v) is 4.44. The van der Waals surface area contributed by atoms with Crippen LogP contribution in [0, 0.1) is 5.92 Å². The minimum Gasteiger partial charge on any atom is -0.493 e. The molecular weight excluding hydrogens is 370 g/mol. The summed E-state index contributed by atoms with van der Waals surface area (Å²) in [6.45, 7) is 4.97. The van der Waals surface area contributed by atoms with Gasteiger partial charge in [-0.15, -0.1) is 0 Å². The first kappa shape index (κ1) is 22.6. The van der Waals surface area contributed by atoms with Crippen LogP contribution in [-0.2, 0) is 17.6 Å². The van der Waals surface area contributed by atoms with Crippen LogP contribution in [0.5, 0.6) is 11.5 Å². The number of nitrogens with one attached hydrogen (secondary N) is 2. The Labute approximate surface area is 173 Å². The molecule has 1 aromatic heterocycles. The number of rotatable bonds is 12. The highest BCUT2D eigenvalue weighted by Gasteiger charge is 2.09. The van der Waals surface area contributed by atoms with Crippen LogP contribution in [0.3, 0.4) is 0 Å². The van der Waals surface area contributed by atoms with Crippen molar-refractivity contribution >= 4 is 5.96 Å². The predicted molar refractivity (Wildman–Crippen MR) is 115 cm³/mol. The van der Waals surface area contributed by atoms with Crippen molar-refractivity contribution in [2.24, 2.45) is 10.9 Å². The molecular formula is C22H33N3O4. The van der Waals surface area contributed by atoms with Crippen LogP contribution in [0.15, 0.2) is 46.0 Å². The lowest BCUT2D eigenvalue weighted by atomic mass is 10.0. The highest BCUT2D eigenvalue weighted by molar-refractivity contribution is 5.79. The van der Waals surface area contributed by atoms with Gasteiger partial charge in [0.2, 0.25) is 0 Å². The van der Waals surface area contributed by atoms with Crippen molar-refractivity contribution in [1.29, 1.82) is 0 Å². The first-order valence-corrected chi connectivity index (χ1v) is 9.90. The van der Waals surface area contributed by atoms with E-state index in [0.29, 0.717) is 25.6 Å². The molecule has 0 spiro atoms. The van der Waals surface area contributed by atoms with Gasteiger partial charge in [-0.1, -0.05) is 13.0 Å². The van der Waals surface area contributed by atoms with E-state index in [2.05, 4.69) is 23.6 Å². The molecule has 2 rings (SSSR count). The number of methoxy groups -OCH3 is 3. The monoisotopic (exact) mass is 403 g/mol. The summed E-state index contributed by atoms with van der Waals surface area (Å²) in [5.74, 6) is 3.61. The SMILES string of the molecule is COCCNC(=NCC(C)Cc1ccc(OC)c(OC)c1)NCCc1ccco1. The number of benzene rings is 1. The Morgan fingerprint density at radius 1 is 1.07 bits per heavy atom. The highest BCUT2D eigenvalue weighted by Crippen LogP contribution is 2.28. The number of ether oxygens (including phenoxy) is 3. The standard InChI is InChI=1S/C22H33N3O4/c1-17(14-18-7-8-20(27-3)21(15-18)28-4)16-25-22(24-11-13-26-2)23-10-9-19-6-5-12-29-19/h5-8,12,15,17H,9-11,13-14,16H2,1-4H3,(H2,23,24,25). The highest BCUT2D eigenvalue weighted by atomic mass is 16.5. The summed E-state index contributed by atoms with van der Waals surface area (Å²) in [7, 11) is 4.99. The second-order valence-electron chi connectivity index (χ2n) is 6.86. The molecule has 1 atom stereocenters. The summed E-state index contributed by atoms with van der Waals surface area (Å²) in [5.41, 5.74) is 1.20. The van der Waals surface area contributed by atoms with Crippen LogP contribution >= 0.6 is 0 Å². The number of hydrogen-bond acceptors (Lipinski definition) is 5. The fourth-order valence-corrected chi connectivity index (χ4v) is 2.93. The van der Waals surface area contributed by atoms with Crippen molar-refractivity contribution in [3.05, 3.63) is 47.9 Å². The number of guanidine groups is 1. The van der Waals surface area contributed by atoms with Gasteiger partial charge in [-0.25, -0.2) is 0 Å². The smallest absolute Gasteiger partial charge is 0.191 e. The van der Waals surface area contributed by atoms with Crippen molar-refractivity contribution in [2.75, 3.05) is 47.6 Å². The fraction of sp³-hybridized carbons (Fsp3) is 0.500. The van der Waals surface area contributed by atoms with Gasteiger partial charge in [0.05, 0.1) is 27.1 Å². The molecule has 0 aliphatic carbocycles. The predicted octanol–water partition coefficient (Wildman–Crippen LogP) is 2.90. The second-order valence-corrected chi connectivity index (χ2v) is 6.86. The van der Waals surface area contributed by atoms with E-state index < -0.39 is 0 Å². The van der Waals surface area contributed by atoms with E-state index in [1.807, 2.05) is 24.3 Å². The topological polar surface area (TPSA) is 77.2 Å². The molecule has 7 nitrogen and oxygen atoms in total. The third-order valence-electron chi connectivity index (χ3n) is 4.44. The maximum atomic E-state index is 5.39. The van der Waals surface area contributed by atoms with E-state index in [4.69, 9.17) is 23.6 Å². The van der Waals surface area contributed by atoms with Gasteiger partial charge in [-0.2, -0.15) is 0 Å². The average Bonchev–Trinajstić information content (AvgIpc) is 3.25. The Hall–Kier alpha value is -2.67. The molecule has 0 saturated carbocycles. The molecule has 2 aromatic rings. The minimum atomic E-state index is 0.374. The maximum absolute atomic E-state index is 5.39. The van der Waals surface area contributed by atoms with E-state index in [9.17, 15) is 0 Å². The second kappa shape index (κ2) is 12.7. The summed E-state index contributed by atoms with van der Waals surface area (Å²) in [4.78, 5) is 4.74. The van der Waals surface area contributed by atoms with Crippen molar-refractivity contribution in [2.45, 2.75) is 19.8 Å². The fourth-order valence-electron chi connectivity index (χ4n) is 2.93. The van der Waals surface area contributed by atoms with Crippen LogP contribution in [0.1, 0.15) is 18.2 Å². The minimum absolute atomic E-state index is 0.374. The van der Waals surface area contributed by atoms with Gasteiger partial charge in [0, 0.05) is 33.2 Å². The van der Waals surface area contributed by atoms with E-state index >= 15 is 0 Å². The average molecular weight is 404 g/mol. The van der Waals surface area contributed by atoms with Crippen molar-refractivity contribution < 1.29 is 18.6 Å². The first-order valence-electron chi connectivity index (χ1n) is 9.90. The Bertz CT molecular complexity index is 732. The van der Waals surface area contributed by atoms with E-state index in [0.717, 1.165) is 42.6 Å². The van der Waals surface area contributed by atoms with Gasteiger partial charge in [0.15, 0.2) is 17.5 Å². The first-order chi connectivity index (χ1) is 14.2. The van der Waals surface area contributed by atoms with Gasteiger partial charge < -0.3 is 29.3 Å². The molecule has 0 radical (unpaired) electrons. The largest absolute Gasteiger partial charge is 0.493 e. The van der Waals surface area contributed by atoms with E-state index in [1.54, 1.807) is 27.6 Å². The van der Waals surface area contributed by atoms with Crippen LogP contribution in [0.4, 0.5) is 0 Å². The Morgan fingerprint density at radius 3 is 2.55 bits per heavy atom. The number of hydrogen-bond donors (Lipinski definition) is 2. The van der Waals surface area contributed by atoms with Gasteiger partial charge in [-0.05, 0) is 42.2 Å². The summed E-state index contributed by atoms with van der Waals surface area (Å²) >= 11 is 0. The maximum Gasteiger partial charge on any atom is 0.191 e. The number of aliphatic imine (C=N–C) groups is 1. The summed E-state index contributed by atoms with van der Waals surface area (Å²) in [6.07, 6.45) is 3.40. The lowest BCUT2D eigenvalue weighted by Crippen LogP contribution is -2.40. The zero-order chi connectivity index (χ0) is 20.9. The number of furan rings is 1. The Balaban J connectivity index is 1.89. The lowest BCUT2D eigenvalue weighted by Gasteiger charge is -2.15. The summed E-state index contributed by atoms with van der Waals surface area (Å²) in [5, 5.41) is 6.66. The molecule has 1 heterocycles. The van der Waals surface area contributed by atoms with Crippen LogP contribution in [0.25, 0.3) is 0 Å². The van der Waals surface area contributed by atoms with E-state index in [-0.39, 0.29) is 0 Å². The molecule has 1 unspecified atom stereocenters. The molecule has 160 valence electrons. The zero-order valence-corrected chi connectivity index (χ0v) is 17.9. The lowest BCUT2D eigenvalue weighted by molar-refractivity contribution is 0.203. The molecule has 7 heteroatoms. The molecule has 0 amide bonds. The van der Waals surface area contributed by atoms with Crippen molar-refractivity contribution in [3.8, 4) is 11.5 Å². The van der Waals surface area contributed by atoms with Gasteiger partial charge >= 0.3 is 0 Å². The normalized spacial score (nSPS) is 12.5. The third kappa shape index (κ3) is 8.07. The summed E-state index contributed by atoms with van der Waals surface area (Å²) in [6, 6.07) is 9.91. The van der Waals surface area contributed by atoms with Gasteiger partial charge in [-0.3, -0.25) is 4.99 Å². The summed E-state index contributed by atoms with van der Waals surface area (Å²) < 4.78 is 21.2. The van der Waals surface area contributed by atoms with Gasteiger partial charge in [0.25, 0.3) is 0 Å². The molecule has 0 saturated heterocycles. The molecule has 0 aliphatic rings. The molecule has 0 fully saturated rings. The Kier molecular flexibility index (Phi) is 9.92. The van der Waals surface area contributed by atoms with Crippen molar-refractivity contribution in [1.82, 2.24) is 10.6 Å². The molecule has 1 aromatic carbocycles. The zero-order valence-electron chi connectivity index (χ0n) is 17.9. The number of nitrogens with zero attached hydrogens (tertiary/aromatic N) is 1. The molecule has 2 N–H and O–H groups in total. The Morgan fingerprint density at radius 2 is 1.86 bits per heavy atom. The van der Waals surface area contributed by atoms with Crippen LogP contribution in [-0.4, -0.2) is 53.5 Å². The molecule has 0 bridgehead atoms. The molecule has 0 aliphatic heterocycles. The van der Waals surface area contributed by atoms with Crippen LogP contribution in [0.2, 0.25) is 0 Å².